The molecule has 3 rings (SSSR count). The molecule has 166 valence electrons. The molecule has 2 aromatic carbocycles. The summed E-state index contributed by atoms with van der Waals surface area (Å²) in [7, 11) is 5.73. The molecule has 0 unspecified atom stereocenters. The third-order valence-electron chi connectivity index (χ3n) is 4.33. The van der Waals surface area contributed by atoms with E-state index in [4.69, 9.17) is 9.47 Å². The zero-order valence-corrected chi connectivity index (χ0v) is 19.2. The van der Waals surface area contributed by atoms with Crippen LogP contribution in [-0.2, 0) is 22.5 Å². The number of benzene rings is 2. The largest absolute Gasteiger partial charge is 0.497 e. The fourth-order valence-corrected chi connectivity index (χ4v) is 3.07. The molecular formula is C25H32N2O4. The van der Waals surface area contributed by atoms with Crippen LogP contribution in [0.1, 0.15) is 31.9 Å². The second-order valence-electron chi connectivity index (χ2n) is 8.48. The van der Waals surface area contributed by atoms with Crippen molar-refractivity contribution >= 4 is 23.3 Å². The Morgan fingerprint density at radius 2 is 1.77 bits per heavy atom. The van der Waals surface area contributed by atoms with Crippen molar-refractivity contribution in [1.82, 2.24) is 9.47 Å². The van der Waals surface area contributed by atoms with Crippen LogP contribution in [0.25, 0.3) is 10.9 Å². The number of hydrogen-bond donors (Lipinski definition) is 0. The summed E-state index contributed by atoms with van der Waals surface area (Å²) in [6.07, 6.45) is 2.23. The van der Waals surface area contributed by atoms with E-state index in [0.717, 1.165) is 23.8 Å². The third-order valence-corrected chi connectivity index (χ3v) is 4.33. The summed E-state index contributed by atoms with van der Waals surface area (Å²) in [6, 6.07) is 15.8. The minimum atomic E-state index is -0.578. The van der Waals surface area contributed by atoms with Gasteiger partial charge in [-0.15, -0.1) is 0 Å². The number of nitrogens with zero attached hydrogens (tertiary/aromatic N) is 2. The Hall–Kier alpha value is -3.12. The van der Waals surface area contributed by atoms with Gasteiger partial charge in [-0.25, -0.2) is 4.79 Å². The summed E-state index contributed by atoms with van der Waals surface area (Å²) in [4.78, 5) is 25.3. The van der Waals surface area contributed by atoms with Crippen molar-refractivity contribution in [2.24, 2.45) is 0 Å². The maximum Gasteiger partial charge on any atom is 0.419 e. The van der Waals surface area contributed by atoms with Gasteiger partial charge in [-0.2, -0.15) is 0 Å². The summed E-state index contributed by atoms with van der Waals surface area (Å²) in [5, 5.41) is 0.812. The molecule has 0 radical (unpaired) electrons. The molecule has 0 saturated heterocycles. The van der Waals surface area contributed by atoms with Crippen LogP contribution in [0.4, 0.5) is 4.79 Å². The summed E-state index contributed by atoms with van der Waals surface area (Å²) in [5.74, 6) is 0.677. The molecule has 0 atom stereocenters. The Kier molecular flexibility index (Phi) is 8.39. The number of rotatable bonds is 5. The van der Waals surface area contributed by atoms with Crippen LogP contribution in [0.5, 0.6) is 5.75 Å². The van der Waals surface area contributed by atoms with Gasteiger partial charge in [0.05, 0.1) is 12.6 Å². The highest BCUT2D eigenvalue weighted by atomic mass is 16.6. The maximum absolute atomic E-state index is 12.3. The monoisotopic (exact) mass is 424 g/mol. The van der Waals surface area contributed by atoms with Crippen molar-refractivity contribution in [3.8, 4) is 5.75 Å². The van der Waals surface area contributed by atoms with Crippen LogP contribution >= 0.6 is 0 Å². The van der Waals surface area contributed by atoms with E-state index in [0.29, 0.717) is 11.3 Å². The molecule has 0 bridgehead atoms. The second-order valence-corrected chi connectivity index (χ2v) is 8.48. The standard InChI is InChI=1S/C16H19NO4.C9H13N/c1-16(2,3)21-15(19)17-10-11(7-8-18)13-9-12(20-4)5-6-14(13)17;1-10(2)8-9-6-4-3-5-7-9/h5-6,8-10H,7H2,1-4H3;3-7H,8H2,1-2H3. The Labute approximate surface area is 184 Å². The number of methoxy groups -OCH3 is 1. The quantitative estimate of drug-likeness (QED) is 0.544. The molecular weight excluding hydrogens is 392 g/mol. The van der Waals surface area contributed by atoms with Crippen molar-refractivity contribution in [2.75, 3.05) is 21.2 Å². The third kappa shape index (κ3) is 7.26. The van der Waals surface area contributed by atoms with Crippen molar-refractivity contribution in [2.45, 2.75) is 39.3 Å². The SMILES string of the molecule is CN(C)Cc1ccccc1.COc1ccc2c(c1)c(CC=O)cn2C(=O)OC(C)(C)C. The first-order chi connectivity index (χ1) is 14.6. The fraction of sp³-hybridized carbons (Fsp3) is 0.360. The van der Waals surface area contributed by atoms with Gasteiger partial charge < -0.3 is 19.2 Å². The van der Waals surface area contributed by atoms with E-state index < -0.39 is 11.7 Å². The summed E-state index contributed by atoms with van der Waals surface area (Å²) in [5.41, 5.74) is 2.25. The minimum absolute atomic E-state index is 0.236. The second kappa shape index (κ2) is 10.8. The van der Waals surface area contributed by atoms with Gasteiger partial charge in [0.1, 0.15) is 17.6 Å². The Bertz CT molecular complexity index is 1000. The first kappa shape index (κ1) is 24.2. The topological polar surface area (TPSA) is 60.8 Å². The number of aldehydes is 1. The number of hydrogen-bond acceptors (Lipinski definition) is 5. The average molecular weight is 425 g/mol. The van der Waals surface area contributed by atoms with Crippen LogP contribution in [0.15, 0.2) is 54.7 Å². The number of ether oxygens (including phenoxy) is 2. The first-order valence-electron chi connectivity index (χ1n) is 10.2. The van der Waals surface area contributed by atoms with Crippen molar-refractivity contribution < 1.29 is 19.1 Å². The maximum atomic E-state index is 12.3. The van der Waals surface area contributed by atoms with E-state index in [1.54, 1.807) is 25.4 Å². The van der Waals surface area contributed by atoms with Crippen molar-refractivity contribution in [1.29, 1.82) is 0 Å². The summed E-state index contributed by atoms with van der Waals surface area (Å²) < 4.78 is 12.0. The molecule has 1 aromatic heterocycles. The Morgan fingerprint density at radius 1 is 1.10 bits per heavy atom. The molecule has 0 N–H and O–H groups in total. The predicted molar refractivity (Wildman–Crippen MR) is 124 cm³/mol. The molecule has 1 heterocycles. The lowest BCUT2D eigenvalue weighted by Crippen LogP contribution is -2.26. The van der Waals surface area contributed by atoms with Crippen LogP contribution in [-0.4, -0.2) is 48.7 Å². The molecule has 0 amide bonds. The zero-order chi connectivity index (χ0) is 23.0. The van der Waals surface area contributed by atoms with Crippen LogP contribution in [0.2, 0.25) is 0 Å². The highest BCUT2D eigenvalue weighted by Gasteiger charge is 2.20. The van der Waals surface area contributed by atoms with E-state index in [9.17, 15) is 9.59 Å². The van der Waals surface area contributed by atoms with Crippen LogP contribution < -0.4 is 4.74 Å². The molecule has 6 heteroatoms. The van der Waals surface area contributed by atoms with E-state index in [1.807, 2.05) is 32.9 Å². The van der Waals surface area contributed by atoms with Gasteiger partial charge in [-0.05, 0) is 64.2 Å². The van der Waals surface area contributed by atoms with Crippen molar-refractivity contribution in [3.05, 3.63) is 65.9 Å². The molecule has 0 spiro atoms. The van der Waals surface area contributed by atoms with Crippen LogP contribution in [0, 0.1) is 0 Å². The number of aromatic nitrogens is 1. The zero-order valence-electron chi connectivity index (χ0n) is 19.2. The molecule has 0 aliphatic heterocycles. The van der Waals surface area contributed by atoms with Gasteiger partial charge in [-0.1, -0.05) is 30.3 Å². The lowest BCUT2D eigenvalue weighted by molar-refractivity contribution is -0.107. The Balaban J connectivity index is 0.000000285. The van der Waals surface area contributed by atoms with Gasteiger partial charge in [0.15, 0.2) is 0 Å². The number of carbonyl (C=O) groups excluding carboxylic acids is 2. The minimum Gasteiger partial charge on any atom is -0.497 e. The number of fused-ring (bicyclic) bond motifs is 1. The van der Waals surface area contributed by atoms with Gasteiger partial charge in [0.25, 0.3) is 0 Å². The fourth-order valence-electron chi connectivity index (χ4n) is 3.07. The highest BCUT2D eigenvalue weighted by Crippen LogP contribution is 2.27. The van der Waals surface area contributed by atoms with Gasteiger partial charge in [-0.3, -0.25) is 4.57 Å². The molecule has 31 heavy (non-hydrogen) atoms. The van der Waals surface area contributed by atoms with Crippen molar-refractivity contribution in [3.63, 3.8) is 0 Å². The molecule has 0 saturated carbocycles. The Morgan fingerprint density at radius 3 is 2.32 bits per heavy atom. The van der Waals surface area contributed by atoms with Crippen LogP contribution in [0.3, 0.4) is 0 Å². The van der Waals surface area contributed by atoms with Gasteiger partial charge >= 0.3 is 6.09 Å². The summed E-state index contributed by atoms with van der Waals surface area (Å²) in [6.45, 7) is 6.46. The smallest absolute Gasteiger partial charge is 0.419 e. The number of carbonyl (C=O) groups is 2. The summed E-state index contributed by atoms with van der Waals surface area (Å²) >= 11 is 0. The average Bonchev–Trinajstić information content (AvgIpc) is 3.06. The molecule has 0 aliphatic carbocycles. The van der Waals surface area contributed by atoms with Gasteiger partial charge in [0.2, 0.25) is 0 Å². The van der Waals surface area contributed by atoms with E-state index in [1.165, 1.54) is 10.1 Å². The predicted octanol–water partition coefficient (Wildman–Crippen LogP) is 4.92. The first-order valence-corrected chi connectivity index (χ1v) is 10.2. The van der Waals surface area contributed by atoms with E-state index >= 15 is 0 Å². The van der Waals surface area contributed by atoms with E-state index in [2.05, 4.69) is 43.3 Å². The highest BCUT2D eigenvalue weighted by molar-refractivity contribution is 5.93. The normalized spacial score (nSPS) is 11.1. The molecule has 0 fully saturated rings. The van der Waals surface area contributed by atoms with E-state index in [-0.39, 0.29) is 6.42 Å². The lowest BCUT2D eigenvalue weighted by Gasteiger charge is -2.19. The molecule has 6 nitrogen and oxygen atoms in total. The molecule has 3 aromatic rings. The van der Waals surface area contributed by atoms with Gasteiger partial charge in [0, 0.05) is 24.5 Å². The molecule has 0 aliphatic rings. The lowest BCUT2D eigenvalue weighted by atomic mass is 10.1.